The van der Waals surface area contributed by atoms with Crippen LogP contribution in [0.1, 0.15) is 6.42 Å². The third kappa shape index (κ3) is 3.09. The van der Waals surface area contributed by atoms with E-state index in [9.17, 15) is 9.59 Å². The van der Waals surface area contributed by atoms with Crippen molar-refractivity contribution in [2.24, 2.45) is 0 Å². The van der Waals surface area contributed by atoms with Gasteiger partial charge in [-0.2, -0.15) is 0 Å². The lowest BCUT2D eigenvalue weighted by atomic mass is 10.2. The molecule has 0 radical (unpaired) electrons. The van der Waals surface area contributed by atoms with Gasteiger partial charge < -0.3 is 15.1 Å². The standard InChI is InChI=1S/C18H21N5O3/c19-23-7-3-16-14(18(23)25)12-13-15(20-16)2-6-22(17(13)24)5-1-4-21-8-10-26-11-9-21/h2-3,6-7,12H,1,4-5,8-11,19H2. The van der Waals surface area contributed by atoms with Crippen molar-refractivity contribution < 1.29 is 4.74 Å². The van der Waals surface area contributed by atoms with Crippen LogP contribution in [-0.2, 0) is 11.3 Å². The number of aromatic nitrogens is 3. The van der Waals surface area contributed by atoms with Crippen molar-refractivity contribution in [3.63, 3.8) is 0 Å². The van der Waals surface area contributed by atoms with E-state index in [2.05, 4.69) is 9.88 Å². The fourth-order valence-corrected chi connectivity index (χ4v) is 3.35. The first-order chi connectivity index (χ1) is 12.6. The van der Waals surface area contributed by atoms with E-state index in [1.807, 2.05) is 6.07 Å². The number of pyridine rings is 3. The minimum absolute atomic E-state index is 0.134. The molecule has 4 heterocycles. The summed E-state index contributed by atoms with van der Waals surface area (Å²) < 4.78 is 8.03. The van der Waals surface area contributed by atoms with Gasteiger partial charge in [-0.05, 0) is 24.6 Å². The van der Waals surface area contributed by atoms with Crippen LogP contribution in [-0.4, -0.2) is 52.0 Å². The maximum Gasteiger partial charge on any atom is 0.278 e. The zero-order valence-electron chi connectivity index (χ0n) is 14.4. The van der Waals surface area contributed by atoms with Crippen LogP contribution in [0, 0.1) is 0 Å². The van der Waals surface area contributed by atoms with Crippen LogP contribution in [0.3, 0.4) is 0 Å². The van der Waals surface area contributed by atoms with Gasteiger partial charge in [-0.15, -0.1) is 0 Å². The van der Waals surface area contributed by atoms with E-state index in [1.54, 1.807) is 22.9 Å². The van der Waals surface area contributed by atoms with Crippen molar-refractivity contribution in [3.8, 4) is 0 Å². The first-order valence-electron chi connectivity index (χ1n) is 8.74. The number of rotatable bonds is 4. The Hall–Kier alpha value is -2.71. The molecule has 0 aliphatic carbocycles. The molecule has 0 atom stereocenters. The first kappa shape index (κ1) is 16.7. The molecule has 0 amide bonds. The van der Waals surface area contributed by atoms with Crippen molar-refractivity contribution in [3.05, 3.63) is 51.3 Å². The van der Waals surface area contributed by atoms with Gasteiger partial charge in [0.15, 0.2) is 0 Å². The summed E-state index contributed by atoms with van der Waals surface area (Å²) >= 11 is 0. The maximum atomic E-state index is 12.8. The number of ether oxygens (including phenoxy) is 1. The summed E-state index contributed by atoms with van der Waals surface area (Å²) in [4.78, 5) is 31.8. The Morgan fingerprint density at radius 3 is 2.46 bits per heavy atom. The highest BCUT2D eigenvalue weighted by Crippen LogP contribution is 2.14. The van der Waals surface area contributed by atoms with Gasteiger partial charge in [0, 0.05) is 38.6 Å². The van der Waals surface area contributed by atoms with Gasteiger partial charge in [0.1, 0.15) is 0 Å². The van der Waals surface area contributed by atoms with Gasteiger partial charge in [-0.25, -0.2) is 9.66 Å². The molecule has 0 aromatic carbocycles. The summed E-state index contributed by atoms with van der Waals surface area (Å²) in [5, 5.41) is 0.792. The molecule has 26 heavy (non-hydrogen) atoms. The van der Waals surface area contributed by atoms with Gasteiger partial charge in [0.25, 0.3) is 11.1 Å². The van der Waals surface area contributed by atoms with Crippen molar-refractivity contribution >= 4 is 21.8 Å². The van der Waals surface area contributed by atoms with Gasteiger partial charge in [0.2, 0.25) is 0 Å². The molecule has 0 saturated carbocycles. The van der Waals surface area contributed by atoms with E-state index in [1.165, 1.54) is 6.20 Å². The Kier molecular flexibility index (Phi) is 4.44. The Labute approximate surface area is 149 Å². The molecule has 1 saturated heterocycles. The second kappa shape index (κ2) is 6.89. The Bertz CT molecular complexity index is 1070. The minimum Gasteiger partial charge on any atom is -0.379 e. The van der Waals surface area contributed by atoms with Crippen LogP contribution < -0.4 is 17.0 Å². The van der Waals surface area contributed by atoms with Crippen molar-refractivity contribution in [2.75, 3.05) is 38.7 Å². The van der Waals surface area contributed by atoms with E-state index >= 15 is 0 Å². The molecular weight excluding hydrogens is 334 g/mol. The van der Waals surface area contributed by atoms with Gasteiger partial charge in [-0.3, -0.25) is 14.5 Å². The van der Waals surface area contributed by atoms with Crippen molar-refractivity contribution in [1.82, 2.24) is 19.1 Å². The number of fused-ring (bicyclic) bond motifs is 2. The topological polar surface area (TPSA) is 95.4 Å². The molecule has 136 valence electrons. The molecule has 0 unspecified atom stereocenters. The largest absolute Gasteiger partial charge is 0.379 e. The third-order valence-corrected chi connectivity index (χ3v) is 4.82. The number of nitrogens with zero attached hydrogens (tertiary/aromatic N) is 4. The molecule has 3 aromatic rings. The quantitative estimate of drug-likeness (QED) is 0.529. The predicted octanol–water partition coefficient (Wildman–Crippen LogP) is 0.147. The molecular formula is C18H21N5O3. The number of aryl methyl sites for hydroxylation is 1. The summed E-state index contributed by atoms with van der Waals surface area (Å²) in [6, 6.07) is 5.09. The van der Waals surface area contributed by atoms with E-state index < -0.39 is 0 Å². The minimum atomic E-state index is -0.362. The molecule has 1 fully saturated rings. The fourth-order valence-electron chi connectivity index (χ4n) is 3.35. The van der Waals surface area contributed by atoms with Crippen molar-refractivity contribution in [1.29, 1.82) is 0 Å². The van der Waals surface area contributed by atoms with E-state index in [0.29, 0.717) is 28.4 Å². The molecule has 1 aliphatic heterocycles. The van der Waals surface area contributed by atoms with Crippen LogP contribution >= 0.6 is 0 Å². The number of hydrogen-bond acceptors (Lipinski definition) is 6. The normalized spacial score (nSPS) is 15.7. The Balaban J connectivity index is 1.63. The molecule has 4 rings (SSSR count). The molecule has 1 aliphatic rings. The summed E-state index contributed by atoms with van der Waals surface area (Å²) in [6.07, 6.45) is 4.12. The van der Waals surface area contributed by atoms with Crippen LogP contribution in [0.25, 0.3) is 21.8 Å². The SMILES string of the molecule is Nn1ccc2nc3ccn(CCCN4CCOCC4)c(=O)c3cc2c1=O. The molecule has 8 heteroatoms. The summed E-state index contributed by atoms with van der Waals surface area (Å²) in [5.74, 6) is 5.61. The molecule has 0 bridgehead atoms. The van der Waals surface area contributed by atoms with Gasteiger partial charge >= 0.3 is 0 Å². The third-order valence-electron chi connectivity index (χ3n) is 4.82. The summed E-state index contributed by atoms with van der Waals surface area (Å²) in [6.45, 7) is 4.98. The predicted molar refractivity (Wildman–Crippen MR) is 99.8 cm³/mol. The highest BCUT2D eigenvalue weighted by molar-refractivity contribution is 5.91. The summed E-state index contributed by atoms with van der Waals surface area (Å²) in [5.41, 5.74) is 0.625. The summed E-state index contributed by atoms with van der Waals surface area (Å²) in [7, 11) is 0. The van der Waals surface area contributed by atoms with E-state index in [0.717, 1.165) is 43.9 Å². The average Bonchev–Trinajstić information content (AvgIpc) is 2.67. The number of nitrogens with two attached hydrogens (primary N) is 1. The maximum absolute atomic E-state index is 12.8. The highest BCUT2D eigenvalue weighted by atomic mass is 16.5. The zero-order valence-corrected chi connectivity index (χ0v) is 14.4. The van der Waals surface area contributed by atoms with E-state index in [4.69, 9.17) is 10.6 Å². The molecule has 8 nitrogen and oxygen atoms in total. The zero-order chi connectivity index (χ0) is 18.1. The van der Waals surface area contributed by atoms with Gasteiger partial charge in [-0.1, -0.05) is 0 Å². The lowest BCUT2D eigenvalue weighted by Crippen LogP contribution is -2.37. The van der Waals surface area contributed by atoms with Crippen LogP contribution in [0.4, 0.5) is 0 Å². The van der Waals surface area contributed by atoms with E-state index in [-0.39, 0.29) is 11.1 Å². The molecule has 2 N–H and O–H groups in total. The second-order valence-corrected chi connectivity index (χ2v) is 6.50. The number of nitrogen functional groups attached to an aromatic ring is 1. The number of morpholine rings is 1. The van der Waals surface area contributed by atoms with Crippen molar-refractivity contribution in [2.45, 2.75) is 13.0 Å². The average molecular weight is 355 g/mol. The van der Waals surface area contributed by atoms with Crippen LogP contribution in [0.5, 0.6) is 0 Å². The van der Waals surface area contributed by atoms with Crippen LogP contribution in [0.15, 0.2) is 40.2 Å². The smallest absolute Gasteiger partial charge is 0.278 e. The lowest BCUT2D eigenvalue weighted by molar-refractivity contribution is 0.0369. The number of hydrogen-bond donors (Lipinski definition) is 1. The van der Waals surface area contributed by atoms with Gasteiger partial charge in [0.05, 0.1) is 35.0 Å². The first-order valence-corrected chi connectivity index (χ1v) is 8.74. The van der Waals surface area contributed by atoms with Crippen LogP contribution in [0.2, 0.25) is 0 Å². The fraction of sp³-hybridized carbons (Fsp3) is 0.389. The Morgan fingerprint density at radius 1 is 1.00 bits per heavy atom. The second-order valence-electron chi connectivity index (χ2n) is 6.50. The Morgan fingerprint density at radius 2 is 1.69 bits per heavy atom. The lowest BCUT2D eigenvalue weighted by Gasteiger charge is -2.26. The monoisotopic (exact) mass is 355 g/mol. The molecule has 3 aromatic heterocycles. The molecule has 0 spiro atoms. The highest BCUT2D eigenvalue weighted by Gasteiger charge is 2.11.